The van der Waals surface area contributed by atoms with Gasteiger partial charge in [0.2, 0.25) is 5.91 Å². The van der Waals surface area contributed by atoms with Gasteiger partial charge in [-0.2, -0.15) is 0 Å². The van der Waals surface area contributed by atoms with Crippen molar-refractivity contribution in [3.63, 3.8) is 0 Å². The number of carbonyl (C=O) groups is 1. The minimum absolute atomic E-state index is 0. The highest BCUT2D eigenvalue weighted by atomic mass is 35.5. The second-order valence-corrected chi connectivity index (χ2v) is 6.98. The number of benzene rings is 1. The molecule has 0 aliphatic heterocycles. The first-order valence-corrected chi connectivity index (χ1v) is 8.91. The summed E-state index contributed by atoms with van der Waals surface area (Å²) >= 11 is 18.9. The average molecular weight is 449 g/mol. The van der Waals surface area contributed by atoms with E-state index >= 15 is 0 Å². The van der Waals surface area contributed by atoms with Gasteiger partial charge in [-0.05, 0) is 31.2 Å². The quantitative estimate of drug-likeness (QED) is 0.522. The van der Waals surface area contributed by atoms with Crippen LogP contribution in [0.25, 0.3) is 5.65 Å². The van der Waals surface area contributed by atoms with Crippen LogP contribution in [0, 0.1) is 6.92 Å². The predicted molar refractivity (Wildman–Crippen MR) is 112 cm³/mol. The van der Waals surface area contributed by atoms with Gasteiger partial charge >= 0.3 is 0 Å². The molecule has 3 rings (SSSR count). The maximum atomic E-state index is 11.5. The molecule has 5 nitrogen and oxygen atoms in total. The van der Waals surface area contributed by atoms with Crippen molar-refractivity contribution in [3.05, 3.63) is 56.9 Å². The third-order valence-corrected chi connectivity index (χ3v) is 5.20. The predicted octanol–water partition coefficient (Wildman–Crippen LogP) is 5.59. The molecule has 0 N–H and O–H groups in total. The Balaban J connectivity index is 0.00000261. The number of hydrogen-bond donors (Lipinski definition) is 0. The molecule has 2 aromatic heterocycles. The number of aromatic nitrogens is 2. The molecule has 3 aromatic rings. The van der Waals surface area contributed by atoms with Crippen molar-refractivity contribution in [2.24, 2.45) is 0 Å². The lowest BCUT2D eigenvalue weighted by Crippen LogP contribution is -2.22. The molecule has 27 heavy (non-hydrogen) atoms. The molecule has 0 aliphatic carbocycles. The molecule has 0 radical (unpaired) electrons. The van der Waals surface area contributed by atoms with Crippen LogP contribution in [-0.4, -0.2) is 22.3 Å². The number of hydrogen-bond acceptors (Lipinski definition) is 3. The highest BCUT2D eigenvalue weighted by Crippen LogP contribution is 2.32. The van der Waals surface area contributed by atoms with Crippen LogP contribution in [0.4, 0.5) is 5.69 Å². The summed E-state index contributed by atoms with van der Waals surface area (Å²) in [6.07, 6.45) is 1.82. The molecule has 0 aliphatic rings. The van der Waals surface area contributed by atoms with E-state index in [-0.39, 0.29) is 24.9 Å². The third-order valence-electron chi connectivity index (χ3n) is 4.07. The smallest absolute Gasteiger partial charge is 0.223 e. The van der Waals surface area contributed by atoms with Gasteiger partial charge in [-0.1, -0.05) is 34.8 Å². The molecule has 0 saturated carbocycles. The first-order chi connectivity index (χ1) is 12.3. The van der Waals surface area contributed by atoms with Gasteiger partial charge < -0.3 is 9.64 Å². The Morgan fingerprint density at radius 3 is 2.48 bits per heavy atom. The van der Waals surface area contributed by atoms with Gasteiger partial charge in [0.25, 0.3) is 0 Å². The molecule has 0 spiro atoms. The van der Waals surface area contributed by atoms with E-state index in [0.29, 0.717) is 37.8 Å². The summed E-state index contributed by atoms with van der Waals surface area (Å²) in [5.74, 6) is 0.457. The third kappa shape index (κ3) is 4.27. The molecule has 0 atom stereocenters. The molecule has 9 heteroatoms. The molecule has 1 aromatic carbocycles. The van der Waals surface area contributed by atoms with E-state index < -0.39 is 0 Å². The summed E-state index contributed by atoms with van der Waals surface area (Å²) in [6.45, 7) is 3.46. The molecule has 1 amide bonds. The average Bonchev–Trinajstić information content (AvgIpc) is 2.88. The number of amides is 1. The van der Waals surface area contributed by atoms with E-state index in [1.807, 2.05) is 19.2 Å². The van der Waals surface area contributed by atoms with Gasteiger partial charge in [-0.25, -0.2) is 4.98 Å². The monoisotopic (exact) mass is 447 g/mol. The van der Waals surface area contributed by atoms with Crippen molar-refractivity contribution in [2.75, 3.05) is 11.9 Å². The van der Waals surface area contributed by atoms with Gasteiger partial charge in [-0.3, -0.25) is 9.20 Å². The molecule has 0 unspecified atom stereocenters. The summed E-state index contributed by atoms with van der Waals surface area (Å²) in [5.41, 5.74) is 2.59. The van der Waals surface area contributed by atoms with E-state index in [1.165, 1.54) is 11.8 Å². The number of halogens is 4. The Morgan fingerprint density at radius 1 is 1.26 bits per heavy atom. The zero-order chi connectivity index (χ0) is 19.0. The van der Waals surface area contributed by atoms with Crippen LogP contribution >= 0.6 is 47.2 Å². The largest absolute Gasteiger partial charge is 0.485 e. The van der Waals surface area contributed by atoms with Crippen molar-refractivity contribution in [2.45, 2.75) is 20.5 Å². The minimum atomic E-state index is -0.112. The van der Waals surface area contributed by atoms with Crippen molar-refractivity contribution >= 4 is 64.5 Å². The summed E-state index contributed by atoms with van der Waals surface area (Å²) in [7, 11) is 1.66. The van der Waals surface area contributed by atoms with Crippen LogP contribution in [0.5, 0.6) is 5.75 Å². The zero-order valence-corrected chi connectivity index (χ0v) is 17.9. The Kier molecular flexibility index (Phi) is 6.87. The molecule has 2 heterocycles. The van der Waals surface area contributed by atoms with Crippen molar-refractivity contribution < 1.29 is 9.53 Å². The number of rotatable bonds is 4. The highest BCUT2D eigenvalue weighted by Gasteiger charge is 2.15. The van der Waals surface area contributed by atoms with Crippen molar-refractivity contribution in [3.8, 4) is 5.75 Å². The number of imidazole rings is 1. The van der Waals surface area contributed by atoms with Gasteiger partial charge in [0.15, 0.2) is 11.4 Å². The Morgan fingerprint density at radius 2 is 1.89 bits per heavy atom. The molecule has 0 bridgehead atoms. The second-order valence-electron chi connectivity index (χ2n) is 5.81. The van der Waals surface area contributed by atoms with Crippen LogP contribution < -0.4 is 9.64 Å². The number of nitrogens with zero attached hydrogens (tertiary/aromatic N) is 3. The van der Waals surface area contributed by atoms with Gasteiger partial charge in [-0.15, -0.1) is 12.4 Å². The SMILES string of the molecule is CC(=O)N(C)c1cc(Cl)c(COc2cccn3c(Cl)c(C)nc23)c(Cl)c1.Cl. The fourth-order valence-corrected chi connectivity index (χ4v) is 3.26. The van der Waals surface area contributed by atoms with E-state index in [1.54, 1.807) is 29.6 Å². The molecule has 0 saturated heterocycles. The van der Waals surface area contributed by atoms with Crippen molar-refractivity contribution in [1.29, 1.82) is 0 Å². The number of ether oxygens (including phenoxy) is 1. The lowest BCUT2D eigenvalue weighted by Gasteiger charge is -2.18. The number of anilines is 1. The molecular weight excluding hydrogens is 432 g/mol. The Labute approximate surface area is 178 Å². The van der Waals surface area contributed by atoms with Gasteiger partial charge in [0, 0.05) is 31.4 Å². The molecular formula is C18H17Cl4N3O2. The minimum Gasteiger partial charge on any atom is -0.485 e. The second kappa shape index (κ2) is 8.57. The summed E-state index contributed by atoms with van der Waals surface area (Å²) in [4.78, 5) is 17.4. The Bertz CT molecular complexity index is 981. The maximum Gasteiger partial charge on any atom is 0.223 e. The maximum absolute atomic E-state index is 11.5. The van der Waals surface area contributed by atoms with Crippen LogP contribution in [0.3, 0.4) is 0 Å². The topological polar surface area (TPSA) is 46.8 Å². The van der Waals surface area contributed by atoms with Crippen LogP contribution in [0.15, 0.2) is 30.5 Å². The molecule has 0 fully saturated rings. The van der Waals surface area contributed by atoms with E-state index in [2.05, 4.69) is 4.98 Å². The summed E-state index contributed by atoms with van der Waals surface area (Å²) in [5, 5.41) is 1.38. The summed E-state index contributed by atoms with van der Waals surface area (Å²) < 4.78 is 7.64. The lowest BCUT2D eigenvalue weighted by molar-refractivity contribution is -0.116. The van der Waals surface area contributed by atoms with Crippen LogP contribution in [0.2, 0.25) is 15.2 Å². The lowest BCUT2D eigenvalue weighted by atomic mass is 10.2. The van der Waals surface area contributed by atoms with Crippen LogP contribution in [0.1, 0.15) is 18.2 Å². The number of fused-ring (bicyclic) bond motifs is 1. The van der Waals surface area contributed by atoms with Gasteiger partial charge in [0.05, 0.1) is 15.7 Å². The first kappa shape index (κ1) is 21.6. The van der Waals surface area contributed by atoms with E-state index in [0.717, 1.165) is 5.69 Å². The number of carbonyl (C=O) groups excluding carboxylic acids is 1. The Hall–Kier alpha value is -1.66. The fourth-order valence-electron chi connectivity index (χ4n) is 2.49. The van der Waals surface area contributed by atoms with Crippen LogP contribution in [-0.2, 0) is 11.4 Å². The standard InChI is InChI=1S/C18H16Cl3N3O2.ClH/c1-10-17(21)24-6-4-5-16(18(24)22-10)26-9-13-14(19)7-12(8-15(13)20)23(3)11(2)25;/h4-8H,9H2,1-3H3;1H. The number of aryl methyl sites for hydroxylation is 1. The highest BCUT2D eigenvalue weighted by molar-refractivity contribution is 6.36. The normalized spacial score (nSPS) is 10.6. The van der Waals surface area contributed by atoms with Crippen molar-refractivity contribution in [1.82, 2.24) is 9.38 Å². The van der Waals surface area contributed by atoms with Gasteiger partial charge in [0.1, 0.15) is 11.8 Å². The summed E-state index contributed by atoms with van der Waals surface area (Å²) in [6, 6.07) is 7.00. The molecule has 144 valence electrons. The zero-order valence-electron chi connectivity index (χ0n) is 14.8. The fraction of sp³-hybridized carbons (Fsp3) is 0.222. The van der Waals surface area contributed by atoms with E-state index in [9.17, 15) is 4.79 Å². The van der Waals surface area contributed by atoms with E-state index in [4.69, 9.17) is 39.5 Å². The number of pyridine rings is 1. The first-order valence-electron chi connectivity index (χ1n) is 7.77.